The summed E-state index contributed by atoms with van der Waals surface area (Å²) in [6.07, 6.45) is -6.28. The molecule has 1 aromatic carbocycles. The van der Waals surface area contributed by atoms with Crippen molar-refractivity contribution in [3.05, 3.63) is 24.3 Å². The molecule has 1 saturated heterocycles. The zero-order valence-electron chi connectivity index (χ0n) is 10.0. The number of phenols is 1. The molecule has 0 radical (unpaired) electrons. The average molecular weight is 271 g/mol. The number of aromatic hydroxyl groups is 1. The summed E-state index contributed by atoms with van der Waals surface area (Å²) in [5.41, 5.74) is 0.312. The van der Waals surface area contributed by atoms with Gasteiger partial charge in [0.25, 0.3) is 0 Å². The first kappa shape index (κ1) is 14.0. The van der Waals surface area contributed by atoms with Gasteiger partial charge in [-0.2, -0.15) is 0 Å². The number of hydrogen-bond donors (Lipinski definition) is 6. The zero-order valence-corrected chi connectivity index (χ0v) is 10.0. The third-order valence-corrected chi connectivity index (χ3v) is 3.09. The van der Waals surface area contributed by atoms with E-state index in [1.165, 1.54) is 6.07 Å². The minimum absolute atomic E-state index is 0.0422. The third-order valence-electron chi connectivity index (χ3n) is 3.09. The molecule has 19 heavy (non-hydrogen) atoms. The summed E-state index contributed by atoms with van der Waals surface area (Å²) < 4.78 is 5.26. The van der Waals surface area contributed by atoms with Gasteiger partial charge in [-0.25, -0.2) is 0 Å². The minimum atomic E-state index is -1.45. The number of aliphatic hydroxyl groups excluding tert-OH is 4. The fraction of sp³-hybridized carbons (Fsp3) is 0.500. The van der Waals surface area contributed by atoms with Crippen molar-refractivity contribution in [2.24, 2.45) is 0 Å². The van der Waals surface area contributed by atoms with Gasteiger partial charge in [0.2, 0.25) is 0 Å². The quantitative estimate of drug-likeness (QED) is 0.374. The molecular formula is C12H17NO6. The van der Waals surface area contributed by atoms with Crippen molar-refractivity contribution in [2.45, 2.75) is 30.6 Å². The predicted octanol–water partition coefficient (Wildman–Crippen LogP) is -1.40. The summed E-state index contributed by atoms with van der Waals surface area (Å²) in [6, 6.07) is 6.32. The van der Waals surface area contributed by atoms with Crippen LogP contribution in [0.5, 0.6) is 5.75 Å². The van der Waals surface area contributed by atoms with Crippen LogP contribution in [-0.4, -0.2) is 62.8 Å². The van der Waals surface area contributed by atoms with E-state index in [1.54, 1.807) is 18.2 Å². The Morgan fingerprint density at radius 2 is 1.74 bits per heavy atom. The van der Waals surface area contributed by atoms with Crippen LogP contribution in [-0.2, 0) is 4.74 Å². The predicted molar refractivity (Wildman–Crippen MR) is 65.5 cm³/mol. The standard InChI is InChI=1S/C12H17NO6/c14-5-8-9(16)10(17)11(18)12(19-8)13-6-3-1-2-4-7(6)15/h1-4,8-18H,5H2/t8-,9+,10+,11-,12+/m0/s1. The largest absolute Gasteiger partial charge is 0.506 e. The Hall–Kier alpha value is -1.38. The molecule has 1 aliphatic heterocycles. The number of hydrogen-bond acceptors (Lipinski definition) is 7. The Bertz CT molecular complexity index is 426. The number of ether oxygens (including phenoxy) is 1. The van der Waals surface area contributed by atoms with Crippen LogP contribution in [0.25, 0.3) is 0 Å². The van der Waals surface area contributed by atoms with E-state index in [2.05, 4.69) is 5.32 Å². The maximum absolute atomic E-state index is 9.81. The molecule has 0 aliphatic carbocycles. The zero-order chi connectivity index (χ0) is 14.0. The summed E-state index contributed by atoms with van der Waals surface area (Å²) in [5, 5.41) is 50.4. The maximum atomic E-state index is 9.81. The van der Waals surface area contributed by atoms with Crippen molar-refractivity contribution in [1.82, 2.24) is 0 Å². The van der Waals surface area contributed by atoms with E-state index < -0.39 is 37.3 Å². The van der Waals surface area contributed by atoms with Gasteiger partial charge in [0.15, 0.2) is 6.23 Å². The van der Waals surface area contributed by atoms with Crippen molar-refractivity contribution in [3.8, 4) is 5.75 Å². The van der Waals surface area contributed by atoms with Gasteiger partial charge in [-0.1, -0.05) is 12.1 Å². The lowest BCUT2D eigenvalue weighted by Gasteiger charge is -2.40. The second kappa shape index (κ2) is 5.72. The molecule has 0 aromatic heterocycles. The molecule has 1 fully saturated rings. The highest BCUT2D eigenvalue weighted by Crippen LogP contribution is 2.27. The maximum Gasteiger partial charge on any atom is 0.157 e. The average Bonchev–Trinajstić information content (AvgIpc) is 2.41. The molecule has 7 nitrogen and oxygen atoms in total. The van der Waals surface area contributed by atoms with Crippen LogP contribution in [0, 0.1) is 0 Å². The fourth-order valence-corrected chi connectivity index (χ4v) is 1.97. The van der Waals surface area contributed by atoms with Gasteiger partial charge in [0.1, 0.15) is 30.2 Å². The lowest BCUT2D eigenvalue weighted by atomic mass is 9.98. The van der Waals surface area contributed by atoms with Crippen LogP contribution in [0.4, 0.5) is 5.69 Å². The highest BCUT2D eigenvalue weighted by Gasteiger charge is 2.43. The van der Waals surface area contributed by atoms with E-state index in [0.717, 1.165) is 0 Å². The molecule has 2 rings (SSSR count). The Morgan fingerprint density at radius 1 is 1.05 bits per heavy atom. The van der Waals surface area contributed by atoms with Gasteiger partial charge in [-0.05, 0) is 12.1 Å². The first-order valence-electron chi connectivity index (χ1n) is 5.89. The van der Waals surface area contributed by atoms with Gasteiger partial charge in [0.05, 0.1) is 12.3 Å². The summed E-state index contributed by atoms with van der Waals surface area (Å²) in [5.74, 6) is -0.0422. The molecule has 0 spiro atoms. The monoisotopic (exact) mass is 271 g/mol. The number of nitrogens with one attached hydrogen (secondary N) is 1. The lowest BCUT2D eigenvalue weighted by Crippen LogP contribution is -2.60. The SMILES string of the molecule is OC[C@@H]1O[C@@H](Nc2ccccc2O)[C@@H](O)[C@H](O)[C@@H]1O. The van der Waals surface area contributed by atoms with E-state index in [1.807, 2.05) is 0 Å². The Labute approximate surface area is 109 Å². The van der Waals surface area contributed by atoms with E-state index in [-0.39, 0.29) is 5.75 Å². The van der Waals surface area contributed by atoms with E-state index in [4.69, 9.17) is 9.84 Å². The third kappa shape index (κ3) is 2.80. The molecule has 106 valence electrons. The van der Waals surface area contributed by atoms with Gasteiger partial charge < -0.3 is 35.6 Å². The first-order valence-corrected chi connectivity index (χ1v) is 5.89. The molecule has 7 heteroatoms. The molecule has 1 aromatic rings. The Morgan fingerprint density at radius 3 is 2.37 bits per heavy atom. The van der Waals surface area contributed by atoms with Crippen LogP contribution in [0.15, 0.2) is 24.3 Å². The van der Waals surface area contributed by atoms with Crippen LogP contribution >= 0.6 is 0 Å². The molecule has 1 aliphatic rings. The van der Waals surface area contributed by atoms with Crippen molar-refractivity contribution in [2.75, 3.05) is 11.9 Å². The van der Waals surface area contributed by atoms with Gasteiger partial charge >= 0.3 is 0 Å². The van der Waals surface area contributed by atoms with Crippen LogP contribution in [0.2, 0.25) is 0 Å². The Kier molecular flexibility index (Phi) is 4.23. The highest BCUT2D eigenvalue weighted by molar-refractivity contribution is 5.55. The van der Waals surface area contributed by atoms with Crippen molar-refractivity contribution in [3.63, 3.8) is 0 Å². The lowest BCUT2D eigenvalue weighted by molar-refractivity contribution is -0.221. The van der Waals surface area contributed by atoms with E-state index in [9.17, 15) is 20.4 Å². The normalized spacial score (nSPS) is 35.1. The summed E-state index contributed by atoms with van der Waals surface area (Å²) in [6.45, 7) is -0.496. The first-order chi connectivity index (χ1) is 9.04. The van der Waals surface area contributed by atoms with Crippen LogP contribution in [0.3, 0.4) is 0 Å². The minimum Gasteiger partial charge on any atom is -0.506 e. The van der Waals surface area contributed by atoms with Crippen molar-refractivity contribution in [1.29, 1.82) is 0 Å². The highest BCUT2D eigenvalue weighted by atomic mass is 16.6. The summed E-state index contributed by atoms with van der Waals surface area (Å²) in [7, 11) is 0. The van der Waals surface area contributed by atoms with Gasteiger partial charge in [-0.3, -0.25) is 0 Å². The second-order valence-corrected chi connectivity index (χ2v) is 4.41. The van der Waals surface area contributed by atoms with Crippen molar-refractivity contribution < 1.29 is 30.3 Å². The molecule has 1 heterocycles. The molecule has 0 unspecified atom stereocenters. The van der Waals surface area contributed by atoms with Gasteiger partial charge in [0, 0.05) is 0 Å². The van der Waals surface area contributed by atoms with Gasteiger partial charge in [-0.15, -0.1) is 0 Å². The smallest absolute Gasteiger partial charge is 0.157 e. The number of para-hydroxylation sites is 2. The molecule has 0 amide bonds. The molecule has 0 bridgehead atoms. The summed E-state index contributed by atoms with van der Waals surface area (Å²) >= 11 is 0. The number of benzene rings is 1. The second-order valence-electron chi connectivity index (χ2n) is 4.41. The Balaban J connectivity index is 2.13. The molecular weight excluding hydrogens is 254 g/mol. The number of phenolic OH excluding ortho intramolecular Hbond substituents is 1. The topological polar surface area (TPSA) is 122 Å². The molecule has 6 N–H and O–H groups in total. The molecule has 0 saturated carbocycles. The van der Waals surface area contributed by atoms with Crippen LogP contribution < -0.4 is 5.32 Å². The van der Waals surface area contributed by atoms with E-state index >= 15 is 0 Å². The number of rotatable bonds is 3. The van der Waals surface area contributed by atoms with Crippen LogP contribution in [0.1, 0.15) is 0 Å². The van der Waals surface area contributed by atoms with Crippen molar-refractivity contribution >= 4 is 5.69 Å². The fourth-order valence-electron chi connectivity index (χ4n) is 1.97. The number of aliphatic hydroxyl groups is 4. The number of anilines is 1. The molecule has 5 atom stereocenters. The van der Waals surface area contributed by atoms with E-state index in [0.29, 0.717) is 5.69 Å². The summed E-state index contributed by atoms with van der Waals surface area (Å²) in [4.78, 5) is 0.